The van der Waals surface area contributed by atoms with Gasteiger partial charge in [-0.25, -0.2) is 0 Å². The maximum atomic E-state index is 11.7. The number of ether oxygens (including phenoxy) is 1. The van der Waals surface area contributed by atoms with Gasteiger partial charge in [0.15, 0.2) is 11.6 Å². The lowest BCUT2D eigenvalue weighted by atomic mass is 10.0. The van der Waals surface area contributed by atoms with Crippen molar-refractivity contribution in [3.63, 3.8) is 0 Å². The molecule has 152 valence electrons. The third kappa shape index (κ3) is 5.40. The fourth-order valence-electron chi connectivity index (χ4n) is 3.23. The highest BCUT2D eigenvalue weighted by molar-refractivity contribution is 5.97. The summed E-state index contributed by atoms with van der Waals surface area (Å²) in [6.45, 7) is 3.88. The topological polar surface area (TPSA) is 101 Å². The summed E-state index contributed by atoms with van der Waals surface area (Å²) in [6.07, 6.45) is 4.20. The zero-order valence-electron chi connectivity index (χ0n) is 16.8. The maximum Gasteiger partial charge on any atom is 0.174 e. The molecule has 1 aromatic heterocycles. The number of Topliss-reactive ketones (excluding diaryl/α,β-unsaturated/α-hetero) is 1. The molecular weight excluding hydrogens is 368 g/mol. The number of carbonyl (C=O) groups is 1. The van der Waals surface area contributed by atoms with Gasteiger partial charge >= 0.3 is 0 Å². The van der Waals surface area contributed by atoms with Crippen molar-refractivity contribution in [2.75, 3.05) is 0 Å². The number of rotatable bonds is 10. The lowest BCUT2D eigenvalue weighted by molar-refractivity contribution is 0.101. The van der Waals surface area contributed by atoms with E-state index in [0.29, 0.717) is 29.9 Å². The number of aromatic amines is 1. The molecule has 0 aliphatic heterocycles. The Hall–Kier alpha value is -3.22. The normalized spacial score (nSPS) is 10.8. The van der Waals surface area contributed by atoms with E-state index in [1.165, 1.54) is 12.5 Å². The molecule has 0 spiro atoms. The maximum absolute atomic E-state index is 11.7. The molecule has 7 nitrogen and oxygen atoms in total. The molecule has 7 heteroatoms. The molecule has 2 aromatic carbocycles. The first-order valence-electron chi connectivity index (χ1n) is 9.87. The number of phenolic OH excluding ortho intramolecular Hbond substituents is 1. The standard InChI is InChI=1S/C22H26N4O3/c1-3-5-19-20(13-12-18(15(2)27)22(19)28)29-14-17-10-8-16(9-11-17)6-4-7-21-23-25-26-24-21/h8-13,28H,3-7,14H2,1-2H3,(H,23,24,25,26). The number of tetrazole rings is 1. The number of aryl methyl sites for hydroxylation is 2. The Labute approximate surface area is 170 Å². The third-order valence-electron chi connectivity index (χ3n) is 4.79. The smallest absolute Gasteiger partial charge is 0.174 e. The minimum Gasteiger partial charge on any atom is -0.507 e. The van der Waals surface area contributed by atoms with Crippen LogP contribution in [0.1, 0.15) is 59.6 Å². The summed E-state index contributed by atoms with van der Waals surface area (Å²) in [5, 5.41) is 24.4. The molecule has 0 saturated carbocycles. The second-order valence-electron chi connectivity index (χ2n) is 7.03. The number of ketones is 1. The van der Waals surface area contributed by atoms with Crippen LogP contribution in [0, 0.1) is 0 Å². The van der Waals surface area contributed by atoms with E-state index in [4.69, 9.17) is 4.74 Å². The molecule has 0 unspecified atom stereocenters. The summed E-state index contributed by atoms with van der Waals surface area (Å²) in [7, 11) is 0. The van der Waals surface area contributed by atoms with Crippen molar-refractivity contribution in [2.45, 2.75) is 52.6 Å². The molecule has 0 atom stereocenters. The van der Waals surface area contributed by atoms with Crippen LogP contribution in [0.25, 0.3) is 0 Å². The Morgan fingerprint density at radius 1 is 1.07 bits per heavy atom. The number of nitrogens with one attached hydrogen (secondary N) is 1. The quantitative estimate of drug-likeness (QED) is 0.507. The number of hydrogen-bond donors (Lipinski definition) is 2. The lowest BCUT2D eigenvalue weighted by Crippen LogP contribution is -2.02. The van der Waals surface area contributed by atoms with Gasteiger partial charge in [-0.2, -0.15) is 5.21 Å². The average molecular weight is 394 g/mol. The largest absolute Gasteiger partial charge is 0.507 e. The van der Waals surface area contributed by atoms with Gasteiger partial charge in [-0.05, 0) is 49.4 Å². The number of H-pyrrole nitrogens is 1. The first kappa shape index (κ1) is 20.5. The number of hydrogen-bond acceptors (Lipinski definition) is 6. The van der Waals surface area contributed by atoms with E-state index >= 15 is 0 Å². The molecule has 0 aliphatic carbocycles. The zero-order chi connectivity index (χ0) is 20.6. The van der Waals surface area contributed by atoms with Crippen LogP contribution in [-0.4, -0.2) is 31.5 Å². The second-order valence-corrected chi connectivity index (χ2v) is 7.03. The summed E-state index contributed by atoms with van der Waals surface area (Å²) in [6, 6.07) is 11.7. The van der Waals surface area contributed by atoms with Crippen molar-refractivity contribution in [3.05, 3.63) is 64.5 Å². The minimum atomic E-state index is -0.152. The van der Waals surface area contributed by atoms with Gasteiger partial charge in [-0.15, -0.1) is 10.2 Å². The Bertz CT molecular complexity index is 937. The monoisotopic (exact) mass is 394 g/mol. The van der Waals surface area contributed by atoms with Crippen LogP contribution in [-0.2, 0) is 25.9 Å². The van der Waals surface area contributed by atoms with Crippen molar-refractivity contribution in [3.8, 4) is 11.5 Å². The van der Waals surface area contributed by atoms with E-state index in [9.17, 15) is 9.90 Å². The highest BCUT2D eigenvalue weighted by Gasteiger charge is 2.16. The summed E-state index contributed by atoms with van der Waals surface area (Å²) in [5.74, 6) is 1.24. The lowest BCUT2D eigenvalue weighted by Gasteiger charge is -2.15. The summed E-state index contributed by atoms with van der Waals surface area (Å²) >= 11 is 0. The number of benzene rings is 2. The first-order chi connectivity index (χ1) is 14.1. The Balaban J connectivity index is 1.59. The van der Waals surface area contributed by atoms with Crippen LogP contribution >= 0.6 is 0 Å². The number of nitrogens with zero attached hydrogens (tertiary/aromatic N) is 3. The molecule has 3 rings (SSSR count). The number of aromatic hydroxyl groups is 1. The molecule has 0 fully saturated rings. The van der Waals surface area contributed by atoms with Gasteiger partial charge in [0.05, 0.1) is 5.56 Å². The van der Waals surface area contributed by atoms with E-state index in [2.05, 4.69) is 32.8 Å². The summed E-state index contributed by atoms with van der Waals surface area (Å²) < 4.78 is 5.96. The molecule has 3 aromatic rings. The van der Waals surface area contributed by atoms with Crippen molar-refractivity contribution in [2.24, 2.45) is 0 Å². The molecule has 0 radical (unpaired) electrons. The predicted molar refractivity (Wildman–Crippen MR) is 109 cm³/mol. The highest BCUT2D eigenvalue weighted by Crippen LogP contribution is 2.33. The molecule has 0 bridgehead atoms. The van der Waals surface area contributed by atoms with Crippen molar-refractivity contribution in [1.82, 2.24) is 20.6 Å². The fourth-order valence-corrected chi connectivity index (χ4v) is 3.23. The van der Waals surface area contributed by atoms with Gasteiger partial charge < -0.3 is 9.84 Å². The van der Waals surface area contributed by atoms with Gasteiger partial charge in [0.2, 0.25) is 0 Å². The molecule has 1 heterocycles. The van der Waals surface area contributed by atoms with Gasteiger partial charge in [-0.1, -0.05) is 42.8 Å². The van der Waals surface area contributed by atoms with Crippen molar-refractivity contribution in [1.29, 1.82) is 0 Å². The van der Waals surface area contributed by atoms with Crippen LogP contribution in [0.3, 0.4) is 0 Å². The van der Waals surface area contributed by atoms with Crippen LogP contribution < -0.4 is 4.74 Å². The molecule has 2 N–H and O–H groups in total. The number of carbonyl (C=O) groups excluding carboxylic acids is 1. The highest BCUT2D eigenvalue weighted by atomic mass is 16.5. The van der Waals surface area contributed by atoms with Gasteiger partial charge in [0.1, 0.15) is 18.1 Å². The molecule has 0 saturated heterocycles. The Morgan fingerprint density at radius 2 is 1.83 bits per heavy atom. The SMILES string of the molecule is CCCc1c(OCc2ccc(CCCc3nn[nH]n3)cc2)ccc(C(C)=O)c1O. The molecule has 29 heavy (non-hydrogen) atoms. The van der Waals surface area contributed by atoms with E-state index in [1.807, 2.05) is 19.1 Å². The van der Waals surface area contributed by atoms with Gasteiger partial charge in [0, 0.05) is 12.0 Å². The summed E-state index contributed by atoms with van der Waals surface area (Å²) in [4.78, 5) is 11.7. The average Bonchev–Trinajstić information content (AvgIpc) is 3.23. The number of aromatic nitrogens is 4. The third-order valence-corrected chi connectivity index (χ3v) is 4.79. The molecular formula is C22H26N4O3. The van der Waals surface area contributed by atoms with Gasteiger partial charge in [0.25, 0.3) is 0 Å². The van der Waals surface area contributed by atoms with Crippen LogP contribution in [0.4, 0.5) is 0 Å². The summed E-state index contributed by atoms with van der Waals surface area (Å²) in [5.41, 5.74) is 3.32. The molecule has 0 aliphatic rings. The fraction of sp³-hybridized carbons (Fsp3) is 0.364. The van der Waals surface area contributed by atoms with Crippen LogP contribution in [0.15, 0.2) is 36.4 Å². The first-order valence-corrected chi connectivity index (χ1v) is 9.87. The molecule has 0 amide bonds. The Morgan fingerprint density at radius 3 is 2.48 bits per heavy atom. The zero-order valence-corrected chi connectivity index (χ0v) is 16.8. The number of phenols is 1. The Kier molecular flexibility index (Phi) is 6.94. The minimum absolute atomic E-state index is 0.0359. The van der Waals surface area contributed by atoms with Crippen LogP contribution in [0.2, 0.25) is 0 Å². The van der Waals surface area contributed by atoms with E-state index in [0.717, 1.165) is 37.1 Å². The van der Waals surface area contributed by atoms with E-state index in [1.54, 1.807) is 12.1 Å². The van der Waals surface area contributed by atoms with Gasteiger partial charge in [-0.3, -0.25) is 4.79 Å². The predicted octanol–water partition coefficient (Wildman–Crippen LogP) is 3.81. The van der Waals surface area contributed by atoms with E-state index in [-0.39, 0.29) is 11.5 Å². The second kappa shape index (κ2) is 9.82. The van der Waals surface area contributed by atoms with Crippen LogP contribution in [0.5, 0.6) is 11.5 Å². The van der Waals surface area contributed by atoms with Crippen molar-refractivity contribution < 1.29 is 14.6 Å². The van der Waals surface area contributed by atoms with E-state index < -0.39 is 0 Å². The van der Waals surface area contributed by atoms with Crippen molar-refractivity contribution >= 4 is 5.78 Å².